The average molecular weight is 204 g/mol. The zero-order valence-electron chi connectivity index (χ0n) is 8.65. The molecule has 15 heavy (non-hydrogen) atoms. The van der Waals surface area contributed by atoms with Crippen molar-refractivity contribution in [3.63, 3.8) is 0 Å². The van der Waals surface area contributed by atoms with Gasteiger partial charge in [0.2, 0.25) is 0 Å². The van der Waals surface area contributed by atoms with Crippen molar-refractivity contribution in [2.75, 3.05) is 7.11 Å². The van der Waals surface area contributed by atoms with E-state index in [4.69, 9.17) is 5.73 Å². The summed E-state index contributed by atoms with van der Waals surface area (Å²) in [5.41, 5.74) is 8.51. The molecule has 4 heteroatoms. The highest BCUT2D eigenvalue weighted by Crippen LogP contribution is 2.31. The van der Waals surface area contributed by atoms with E-state index in [0.717, 1.165) is 11.3 Å². The van der Waals surface area contributed by atoms with Crippen molar-refractivity contribution in [1.82, 2.24) is 0 Å². The molecule has 0 aromatic rings. The van der Waals surface area contributed by atoms with Crippen LogP contribution < -0.4 is 5.73 Å². The topological polar surface area (TPSA) is 64.7 Å². The van der Waals surface area contributed by atoms with Crippen LogP contribution in [0.3, 0.4) is 0 Å². The number of allylic oxidation sites excluding steroid dienone is 4. The number of hydrogen-bond donors (Lipinski definition) is 1. The van der Waals surface area contributed by atoms with Crippen LogP contribution in [-0.4, -0.2) is 18.8 Å². The van der Waals surface area contributed by atoms with Gasteiger partial charge in [-0.05, 0) is 13.0 Å². The predicted octanol–water partition coefficient (Wildman–Crippen LogP) is 0.917. The fraction of sp³-hybridized carbons (Fsp3) is 0.273. The number of aliphatic imine (C=N–C) groups is 1. The van der Waals surface area contributed by atoms with Crippen molar-refractivity contribution in [1.29, 1.82) is 0 Å². The molecule has 2 N–H and O–H groups in total. The molecule has 0 unspecified atom stereocenters. The highest BCUT2D eigenvalue weighted by molar-refractivity contribution is 6.09. The molecule has 0 amide bonds. The molecule has 0 bridgehead atoms. The summed E-state index contributed by atoms with van der Waals surface area (Å²) in [5, 5.41) is 0. The van der Waals surface area contributed by atoms with Gasteiger partial charge in [0, 0.05) is 0 Å². The van der Waals surface area contributed by atoms with Crippen molar-refractivity contribution in [3.8, 4) is 0 Å². The van der Waals surface area contributed by atoms with Gasteiger partial charge in [0.25, 0.3) is 0 Å². The lowest BCUT2D eigenvalue weighted by Crippen LogP contribution is -2.20. The molecule has 4 nitrogen and oxygen atoms in total. The SMILES string of the molecule is COC(=O)C1=C(N)[C@@H]2C(C)=CC=CC2=N1. The Hall–Kier alpha value is -1.84. The summed E-state index contributed by atoms with van der Waals surface area (Å²) in [7, 11) is 1.32. The predicted molar refractivity (Wildman–Crippen MR) is 57.1 cm³/mol. The highest BCUT2D eigenvalue weighted by atomic mass is 16.5. The number of esters is 1. The summed E-state index contributed by atoms with van der Waals surface area (Å²) >= 11 is 0. The van der Waals surface area contributed by atoms with Crippen LogP contribution in [0.2, 0.25) is 0 Å². The summed E-state index contributed by atoms with van der Waals surface area (Å²) < 4.78 is 4.62. The van der Waals surface area contributed by atoms with E-state index in [1.165, 1.54) is 7.11 Å². The Morgan fingerprint density at radius 3 is 2.93 bits per heavy atom. The summed E-state index contributed by atoms with van der Waals surface area (Å²) in [6.45, 7) is 1.97. The van der Waals surface area contributed by atoms with E-state index < -0.39 is 5.97 Å². The fourth-order valence-corrected chi connectivity index (χ4v) is 1.82. The smallest absolute Gasteiger partial charge is 0.358 e. The molecule has 0 fully saturated rings. The number of carbonyl (C=O) groups is 1. The minimum atomic E-state index is -0.476. The zero-order valence-corrected chi connectivity index (χ0v) is 8.65. The number of fused-ring (bicyclic) bond motifs is 1. The van der Waals surface area contributed by atoms with Crippen molar-refractivity contribution >= 4 is 11.7 Å². The molecule has 1 heterocycles. The Labute approximate surface area is 87.8 Å². The van der Waals surface area contributed by atoms with Gasteiger partial charge in [-0.2, -0.15) is 0 Å². The second-order valence-electron chi connectivity index (χ2n) is 3.54. The molecule has 0 aromatic heterocycles. The lowest BCUT2D eigenvalue weighted by Gasteiger charge is -2.15. The first-order chi connectivity index (χ1) is 7.15. The first-order valence-electron chi connectivity index (χ1n) is 4.66. The maximum Gasteiger partial charge on any atom is 0.358 e. The Balaban J connectivity index is 2.44. The first kappa shape index (κ1) is 9.71. The molecule has 0 spiro atoms. The standard InChI is InChI=1S/C11H12N2O2/c1-6-4-3-5-7-8(6)9(12)10(13-7)11(14)15-2/h3-5,8H,12H2,1-2H3/t8-/m1/s1. The molecule has 2 aliphatic rings. The van der Waals surface area contributed by atoms with Gasteiger partial charge in [-0.1, -0.05) is 17.7 Å². The Morgan fingerprint density at radius 1 is 1.60 bits per heavy atom. The van der Waals surface area contributed by atoms with Crippen LogP contribution in [0.5, 0.6) is 0 Å². The minimum Gasteiger partial charge on any atom is -0.464 e. The van der Waals surface area contributed by atoms with Crippen molar-refractivity contribution < 1.29 is 9.53 Å². The first-order valence-corrected chi connectivity index (χ1v) is 4.66. The Kier molecular flexibility index (Phi) is 2.19. The maximum absolute atomic E-state index is 11.4. The second kappa shape index (κ2) is 3.38. The molecule has 78 valence electrons. The Morgan fingerprint density at radius 2 is 2.33 bits per heavy atom. The van der Waals surface area contributed by atoms with Gasteiger partial charge >= 0.3 is 5.97 Å². The number of nitrogens with zero attached hydrogens (tertiary/aromatic N) is 1. The highest BCUT2D eigenvalue weighted by Gasteiger charge is 2.32. The van der Waals surface area contributed by atoms with Gasteiger partial charge in [0.05, 0.1) is 24.4 Å². The third-order valence-electron chi connectivity index (χ3n) is 2.58. The monoisotopic (exact) mass is 204 g/mol. The molecule has 0 saturated carbocycles. The molecule has 1 aliphatic heterocycles. The van der Waals surface area contributed by atoms with Crippen LogP contribution in [0.1, 0.15) is 6.92 Å². The van der Waals surface area contributed by atoms with E-state index in [1.807, 2.05) is 25.2 Å². The number of hydrogen-bond acceptors (Lipinski definition) is 4. The number of carbonyl (C=O) groups excluding carboxylic acids is 1. The quantitative estimate of drug-likeness (QED) is 0.646. The molecule has 0 radical (unpaired) electrons. The van der Waals surface area contributed by atoms with Gasteiger partial charge in [0.15, 0.2) is 5.70 Å². The molecule has 1 aliphatic carbocycles. The van der Waals surface area contributed by atoms with Crippen LogP contribution in [0.25, 0.3) is 0 Å². The van der Waals surface area contributed by atoms with Crippen LogP contribution >= 0.6 is 0 Å². The molecule has 0 aromatic carbocycles. The number of rotatable bonds is 1. The van der Waals surface area contributed by atoms with E-state index in [-0.39, 0.29) is 11.6 Å². The van der Waals surface area contributed by atoms with Crippen LogP contribution in [-0.2, 0) is 9.53 Å². The van der Waals surface area contributed by atoms with E-state index in [1.54, 1.807) is 0 Å². The molecule has 1 atom stereocenters. The van der Waals surface area contributed by atoms with Crippen LogP contribution in [0.4, 0.5) is 0 Å². The third kappa shape index (κ3) is 1.38. The van der Waals surface area contributed by atoms with Crippen molar-refractivity contribution in [2.24, 2.45) is 16.6 Å². The van der Waals surface area contributed by atoms with E-state index in [9.17, 15) is 4.79 Å². The number of methoxy groups -OCH3 is 1. The number of nitrogens with two attached hydrogens (primary N) is 1. The summed E-state index contributed by atoms with van der Waals surface area (Å²) in [6, 6.07) is 0. The van der Waals surface area contributed by atoms with Gasteiger partial charge in [-0.3, -0.25) is 0 Å². The third-order valence-corrected chi connectivity index (χ3v) is 2.58. The molecule has 0 saturated heterocycles. The minimum absolute atomic E-state index is 0.0518. The largest absolute Gasteiger partial charge is 0.464 e. The normalized spacial score (nSPS) is 23.5. The van der Waals surface area contributed by atoms with Gasteiger partial charge in [0.1, 0.15) is 0 Å². The van der Waals surface area contributed by atoms with Gasteiger partial charge in [-0.15, -0.1) is 0 Å². The van der Waals surface area contributed by atoms with Crippen molar-refractivity contribution in [2.45, 2.75) is 6.92 Å². The maximum atomic E-state index is 11.4. The molecule has 2 rings (SSSR count). The van der Waals surface area contributed by atoms with Crippen LogP contribution in [0.15, 0.2) is 40.2 Å². The number of ether oxygens (including phenoxy) is 1. The lowest BCUT2D eigenvalue weighted by atomic mass is 9.89. The summed E-state index contributed by atoms with van der Waals surface area (Å²) in [4.78, 5) is 15.5. The zero-order chi connectivity index (χ0) is 11.0. The van der Waals surface area contributed by atoms with E-state index >= 15 is 0 Å². The average Bonchev–Trinajstić information content (AvgIpc) is 2.56. The molecular formula is C11H12N2O2. The van der Waals surface area contributed by atoms with Crippen LogP contribution in [0, 0.1) is 5.92 Å². The second-order valence-corrected chi connectivity index (χ2v) is 3.54. The van der Waals surface area contributed by atoms with E-state index in [0.29, 0.717) is 5.70 Å². The summed E-state index contributed by atoms with van der Waals surface area (Å²) in [6.07, 6.45) is 5.73. The summed E-state index contributed by atoms with van der Waals surface area (Å²) in [5.74, 6) is -0.528. The Bertz CT molecular complexity index is 442. The fourth-order valence-electron chi connectivity index (χ4n) is 1.82. The molecular weight excluding hydrogens is 192 g/mol. The van der Waals surface area contributed by atoms with Crippen molar-refractivity contribution in [3.05, 3.63) is 35.2 Å². The van der Waals surface area contributed by atoms with Gasteiger partial charge in [-0.25, -0.2) is 9.79 Å². The van der Waals surface area contributed by atoms with Gasteiger partial charge < -0.3 is 10.5 Å². The van der Waals surface area contributed by atoms with E-state index in [2.05, 4.69) is 9.73 Å². The lowest BCUT2D eigenvalue weighted by molar-refractivity contribution is -0.136.